The van der Waals surface area contributed by atoms with Gasteiger partial charge in [0, 0.05) is 17.1 Å². The van der Waals surface area contributed by atoms with Crippen LogP contribution in [0.5, 0.6) is 0 Å². The minimum absolute atomic E-state index is 0. The summed E-state index contributed by atoms with van der Waals surface area (Å²) in [5.41, 5.74) is 7.70. The van der Waals surface area contributed by atoms with E-state index in [0.717, 1.165) is 0 Å². The molecule has 0 amide bonds. The van der Waals surface area contributed by atoms with Crippen LogP contribution in [-0.2, 0) is 23.5 Å². The molecule has 0 N–H and O–H groups in total. The summed E-state index contributed by atoms with van der Waals surface area (Å²) in [7, 11) is 0. The van der Waals surface area contributed by atoms with Gasteiger partial charge in [-0.05, 0) is 32.5 Å². The molecule has 0 aliphatic carbocycles. The van der Waals surface area contributed by atoms with E-state index in [0.29, 0.717) is 0 Å². The van der Waals surface area contributed by atoms with Gasteiger partial charge in [-0.3, -0.25) is 0 Å². The van der Waals surface area contributed by atoms with Gasteiger partial charge in [0.2, 0.25) is 0 Å². The third-order valence-electron chi connectivity index (χ3n) is 6.02. The molecular formula is C24H31FeN-6. The number of likely N-dealkylation sites (tertiary alicyclic amines) is 1. The van der Waals surface area contributed by atoms with Gasteiger partial charge in [0.25, 0.3) is 0 Å². The number of hydrogen-bond acceptors (Lipinski definition) is 1. The molecule has 0 radical (unpaired) electrons. The predicted molar refractivity (Wildman–Crippen MR) is 110 cm³/mol. The Balaban J connectivity index is 0.000000206. The molecular weight excluding hydrogens is 358 g/mol. The van der Waals surface area contributed by atoms with Crippen molar-refractivity contribution in [3.05, 3.63) is 70.3 Å². The second-order valence-corrected chi connectivity index (χ2v) is 7.43. The van der Waals surface area contributed by atoms with Gasteiger partial charge < -0.3 is 58.1 Å². The number of benzene rings is 1. The third-order valence-corrected chi connectivity index (χ3v) is 6.02. The van der Waals surface area contributed by atoms with Crippen molar-refractivity contribution in [2.45, 2.75) is 47.0 Å². The molecule has 1 heterocycles. The normalized spacial score (nSPS) is 14.2. The van der Waals surface area contributed by atoms with Crippen molar-refractivity contribution >= 4 is 10.8 Å². The van der Waals surface area contributed by atoms with Gasteiger partial charge in [-0.2, -0.15) is 22.3 Å². The second-order valence-electron chi connectivity index (χ2n) is 7.43. The van der Waals surface area contributed by atoms with E-state index in [9.17, 15) is 0 Å². The Morgan fingerprint density at radius 2 is 1.38 bits per heavy atom. The van der Waals surface area contributed by atoms with E-state index in [4.69, 9.17) is 0 Å². The summed E-state index contributed by atoms with van der Waals surface area (Å²) in [5.74, 6) is 0. The molecule has 0 atom stereocenters. The average molecular weight is 389 g/mol. The zero-order valence-electron chi connectivity index (χ0n) is 16.6. The average Bonchev–Trinajstić information content (AvgIpc) is 3.34. The van der Waals surface area contributed by atoms with E-state index in [1.165, 1.54) is 71.9 Å². The Bertz CT molecular complexity index is 762. The number of hydrogen-bond donors (Lipinski definition) is 0. The van der Waals surface area contributed by atoms with Crippen molar-refractivity contribution in [2.24, 2.45) is 0 Å². The van der Waals surface area contributed by atoms with Crippen LogP contribution in [0.25, 0.3) is 10.8 Å². The number of rotatable bonds is 3. The molecule has 146 valence electrons. The van der Waals surface area contributed by atoms with E-state index < -0.39 is 0 Å². The van der Waals surface area contributed by atoms with Crippen LogP contribution in [0.4, 0.5) is 0 Å². The van der Waals surface area contributed by atoms with Crippen LogP contribution in [0, 0.1) is 27.7 Å². The first-order chi connectivity index (χ1) is 12.1. The summed E-state index contributed by atoms with van der Waals surface area (Å²) >= 11 is 0. The van der Waals surface area contributed by atoms with Crippen molar-refractivity contribution in [3.8, 4) is 0 Å². The van der Waals surface area contributed by atoms with Gasteiger partial charge in [-0.25, -0.2) is 0 Å². The first-order valence-electron chi connectivity index (χ1n) is 9.62. The molecule has 2 heteroatoms. The maximum atomic E-state index is 2.61. The Hall–Kier alpha value is -1.34. The standard InChI is InChI=1S/C15H24N.C9H7.Fe/c1-11-12(2)14(4)15(13(11)3)7-10-16-8-5-6-9-16;1-2-5-9-7-3-6-8(9)4-1;/h5-10H2,1-4H3;1-7H;/q-1;-5;. The van der Waals surface area contributed by atoms with Crippen molar-refractivity contribution in [3.63, 3.8) is 0 Å². The van der Waals surface area contributed by atoms with Crippen molar-refractivity contribution in [2.75, 3.05) is 19.6 Å². The molecule has 3 aromatic carbocycles. The number of fused-ring (bicyclic) bond motifs is 1. The van der Waals surface area contributed by atoms with E-state index in [1.54, 1.807) is 5.56 Å². The van der Waals surface area contributed by atoms with Crippen LogP contribution < -0.4 is 0 Å². The zero-order chi connectivity index (χ0) is 17.8. The van der Waals surface area contributed by atoms with Gasteiger partial charge >= 0.3 is 0 Å². The number of nitrogens with zero attached hydrogens (tertiary/aromatic N) is 1. The molecule has 0 aromatic heterocycles. The molecule has 0 bridgehead atoms. The van der Waals surface area contributed by atoms with Gasteiger partial charge in [0.1, 0.15) is 0 Å². The predicted octanol–water partition coefficient (Wildman–Crippen LogP) is 5.83. The Morgan fingerprint density at radius 3 is 1.88 bits per heavy atom. The monoisotopic (exact) mass is 389 g/mol. The smallest absolute Gasteiger partial charge is 0 e. The maximum Gasteiger partial charge on any atom is 0 e. The Labute approximate surface area is 169 Å². The van der Waals surface area contributed by atoms with Crippen molar-refractivity contribution in [1.29, 1.82) is 0 Å². The fourth-order valence-corrected chi connectivity index (χ4v) is 4.02. The van der Waals surface area contributed by atoms with E-state index in [-0.39, 0.29) is 17.1 Å². The largest absolute Gasteiger partial charge is 0.642 e. The molecule has 1 fully saturated rings. The summed E-state index contributed by atoms with van der Waals surface area (Å²) in [4.78, 5) is 2.61. The Kier molecular flexibility index (Phi) is 7.70. The molecule has 0 unspecified atom stereocenters. The molecule has 1 saturated heterocycles. The van der Waals surface area contributed by atoms with Crippen LogP contribution in [0.1, 0.15) is 40.7 Å². The van der Waals surface area contributed by atoms with Crippen LogP contribution in [0.15, 0.2) is 42.5 Å². The first-order valence-corrected chi connectivity index (χ1v) is 9.62. The minimum Gasteiger partial charge on any atom is -0.642 e. The maximum absolute atomic E-state index is 2.61. The second kappa shape index (κ2) is 9.55. The van der Waals surface area contributed by atoms with Crippen molar-refractivity contribution < 1.29 is 17.1 Å². The van der Waals surface area contributed by atoms with Gasteiger partial charge in [0.05, 0.1) is 0 Å². The molecule has 26 heavy (non-hydrogen) atoms. The van der Waals surface area contributed by atoms with Gasteiger partial charge in [-0.15, -0.1) is 5.56 Å². The molecule has 0 spiro atoms. The Morgan fingerprint density at radius 1 is 0.885 bits per heavy atom. The van der Waals surface area contributed by atoms with Gasteiger partial charge in [0.15, 0.2) is 0 Å². The van der Waals surface area contributed by atoms with E-state index in [1.807, 2.05) is 0 Å². The molecule has 0 saturated carbocycles. The molecule has 1 aliphatic heterocycles. The van der Waals surface area contributed by atoms with Crippen LogP contribution in [-0.4, -0.2) is 24.5 Å². The van der Waals surface area contributed by atoms with Crippen LogP contribution >= 0.6 is 0 Å². The minimum atomic E-state index is 0. The first kappa shape index (κ1) is 21.0. The fraction of sp³-hybridized carbons (Fsp3) is 0.417. The summed E-state index contributed by atoms with van der Waals surface area (Å²) in [5, 5.41) is 2.66. The van der Waals surface area contributed by atoms with Gasteiger partial charge in [-0.1, -0.05) is 34.1 Å². The topological polar surface area (TPSA) is 3.24 Å². The van der Waals surface area contributed by atoms with E-state index >= 15 is 0 Å². The van der Waals surface area contributed by atoms with Crippen LogP contribution in [0.3, 0.4) is 0 Å². The molecule has 1 nitrogen and oxygen atoms in total. The summed E-state index contributed by atoms with van der Waals surface area (Å²) in [6, 6.07) is 14.7. The van der Waals surface area contributed by atoms with Crippen LogP contribution in [0.2, 0.25) is 0 Å². The summed E-state index contributed by atoms with van der Waals surface area (Å²) < 4.78 is 0. The fourth-order valence-electron chi connectivity index (χ4n) is 4.02. The molecule has 1 aliphatic rings. The summed E-state index contributed by atoms with van der Waals surface area (Å²) in [6.45, 7) is 13.0. The van der Waals surface area contributed by atoms with Crippen molar-refractivity contribution in [1.82, 2.24) is 4.90 Å². The third kappa shape index (κ3) is 4.68. The SMILES string of the molecule is Cc1c(C)c(C)[c-](CCN2CCCC2)c1C.[Fe].c1cc[c-]2[cH-][cH-][cH-][c-]2c1. The quantitative estimate of drug-likeness (QED) is 0.402. The molecule has 3 aromatic rings. The summed E-state index contributed by atoms with van der Waals surface area (Å²) in [6.07, 6.45) is 4.04. The van der Waals surface area contributed by atoms with E-state index in [2.05, 4.69) is 75.1 Å². The molecule has 4 rings (SSSR count). The zero-order valence-corrected chi connectivity index (χ0v) is 17.7.